The maximum absolute atomic E-state index is 12.9. The lowest BCUT2D eigenvalue weighted by atomic mass is 9.81. The van der Waals surface area contributed by atoms with Gasteiger partial charge in [0.05, 0.1) is 23.3 Å². The van der Waals surface area contributed by atoms with E-state index in [1.165, 1.54) is 5.56 Å². The van der Waals surface area contributed by atoms with Crippen molar-refractivity contribution in [2.75, 3.05) is 31.3 Å². The third-order valence-corrected chi connectivity index (χ3v) is 9.03. The number of hydrogen-bond donors (Lipinski definition) is 1. The van der Waals surface area contributed by atoms with E-state index in [1.807, 2.05) is 6.07 Å². The van der Waals surface area contributed by atoms with E-state index in [0.717, 1.165) is 49.8 Å². The van der Waals surface area contributed by atoms with Crippen LogP contribution in [0.2, 0.25) is 0 Å². The highest BCUT2D eigenvalue weighted by Crippen LogP contribution is 2.44. The monoisotopic (exact) mass is 378 g/mol. The molecule has 2 amide bonds. The molecule has 4 rings (SSSR count). The van der Waals surface area contributed by atoms with Crippen molar-refractivity contribution >= 4 is 21.6 Å². The number of sulfone groups is 1. The van der Waals surface area contributed by atoms with Crippen LogP contribution in [0, 0.1) is 0 Å². The van der Waals surface area contributed by atoms with E-state index in [0.29, 0.717) is 18.7 Å². The van der Waals surface area contributed by atoms with Gasteiger partial charge in [-0.1, -0.05) is 12.5 Å². The Balaban J connectivity index is 1.54. The molecule has 2 fully saturated rings. The van der Waals surface area contributed by atoms with Crippen molar-refractivity contribution in [1.29, 1.82) is 0 Å². The van der Waals surface area contributed by atoms with Crippen molar-refractivity contribution in [1.82, 2.24) is 4.90 Å². The highest BCUT2D eigenvalue weighted by atomic mass is 32.2. The van der Waals surface area contributed by atoms with E-state index in [-0.39, 0.29) is 18.3 Å². The van der Waals surface area contributed by atoms with E-state index >= 15 is 0 Å². The summed E-state index contributed by atoms with van der Waals surface area (Å²) in [7, 11) is -1.53. The summed E-state index contributed by atoms with van der Waals surface area (Å²) in [6.07, 6.45) is 6.03. The number of hydrogen-bond acceptors (Lipinski definition) is 4. The molecule has 1 saturated carbocycles. The zero-order chi connectivity index (χ0) is 18.4. The number of carbonyl (C=O) groups is 1. The van der Waals surface area contributed by atoms with Gasteiger partial charge in [-0.15, -0.1) is 0 Å². The lowest BCUT2D eigenvalue weighted by molar-refractivity contribution is 0.209. The molecule has 1 aliphatic heterocycles. The normalized spacial score (nSPS) is 23.0. The summed E-state index contributed by atoms with van der Waals surface area (Å²) in [5.41, 5.74) is 3.15. The van der Waals surface area contributed by atoms with E-state index in [9.17, 15) is 13.2 Å². The molecule has 1 spiro atoms. The standard InChI is InChI=1S/C19H26N2O4S/c1-25-16-7-6-14-4-2-5-15(14)17(16)20-18(22)21-11-10-19(8-3-9-19)26(23,24)13-12-21/h6-7H,2-5,8-13H2,1H3,(H,20,22). The van der Waals surface area contributed by atoms with Gasteiger partial charge in [0.1, 0.15) is 5.75 Å². The molecule has 1 aromatic carbocycles. The molecule has 3 aliphatic rings. The molecular formula is C19H26N2O4S. The zero-order valence-corrected chi connectivity index (χ0v) is 16.0. The van der Waals surface area contributed by atoms with Crippen LogP contribution in [-0.4, -0.2) is 50.0 Å². The van der Waals surface area contributed by atoms with Crippen LogP contribution in [0.15, 0.2) is 12.1 Å². The van der Waals surface area contributed by atoms with Crippen LogP contribution in [0.5, 0.6) is 5.75 Å². The second-order valence-corrected chi connectivity index (χ2v) is 10.2. The Kier molecular flexibility index (Phi) is 4.37. The smallest absolute Gasteiger partial charge is 0.321 e. The molecular weight excluding hydrogens is 352 g/mol. The van der Waals surface area contributed by atoms with Gasteiger partial charge in [0.15, 0.2) is 9.84 Å². The second-order valence-electron chi connectivity index (χ2n) is 7.66. The van der Waals surface area contributed by atoms with Gasteiger partial charge in [0, 0.05) is 13.1 Å². The molecule has 1 saturated heterocycles. The fourth-order valence-electron chi connectivity index (χ4n) is 4.53. The van der Waals surface area contributed by atoms with Crippen molar-refractivity contribution in [3.8, 4) is 5.75 Å². The van der Waals surface area contributed by atoms with Gasteiger partial charge in [0.25, 0.3) is 0 Å². The minimum absolute atomic E-state index is 0.0600. The Bertz CT molecular complexity index is 830. The minimum atomic E-state index is -3.13. The molecule has 1 N–H and O–H groups in total. The molecule has 0 unspecified atom stereocenters. The lowest BCUT2D eigenvalue weighted by Gasteiger charge is -2.39. The van der Waals surface area contributed by atoms with Gasteiger partial charge >= 0.3 is 6.03 Å². The van der Waals surface area contributed by atoms with Crippen molar-refractivity contribution in [3.05, 3.63) is 23.3 Å². The fraction of sp³-hybridized carbons (Fsp3) is 0.632. The van der Waals surface area contributed by atoms with Crippen LogP contribution in [0.4, 0.5) is 10.5 Å². The average Bonchev–Trinajstić information content (AvgIpc) is 2.99. The van der Waals surface area contributed by atoms with Crippen LogP contribution in [-0.2, 0) is 22.7 Å². The van der Waals surface area contributed by atoms with Gasteiger partial charge in [0.2, 0.25) is 0 Å². The maximum Gasteiger partial charge on any atom is 0.321 e. The molecule has 7 heteroatoms. The number of rotatable bonds is 2. The quantitative estimate of drug-likeness (QED) is 0.859. The number of methoxy groups -OCH3 is 1. The van der Waals surface area contributed by atoms with Crippen LogP contribution in [0.1, 0.15) is 43.2 Å². The number of ether oxygens (including phenoxy) is 1. The Morgan fingerprint density at radius 2 is 1.96 bits per heavy atom. The maximum atomic E-state index is 12.9. The van der Waals surface area contributed by atoms with Gasteiger partial charge in [-0.05, 0) is 55.7 Å². The van der Waals surface area contributed by atoms with Crippen LogP contribution in [0.3, 0.4) is 0 Å². The molecule has 1 aromatic rings. The minimum Gasteiger partial charge on any atom is -0.495 e. The number of anilines is 1. The summed E-state index contributed by atoms with van der Waals surface area (Å²) in [5.74, 6) is 0.724. The second kappa shape index (κ2) is 6.44. The van der Waals surface area contributed by atoms with Crippen LogP contribution < -0.4 is 10.1 Å². The fourth-order valence-corrected chi connectivity index (χ4v) is 6.73. The van der Waals surface area contributed by atoms with Crippen molar-refractivity contribution in [3.63, 3.8) is 0 Å². The molecule has 1 heterocycles. The van der Waals surface area contributed by atoms with E-state index < -0.39 is 14.6 Å². The van der Waals surface area contributed by atoms with Gasteiger partial charge < -0.3 is 15.0 Å². The molecule has 2 aliphatic carbocycles. The predicted molar refractivity (Wildman–Crippen MR) is 101 cm³/mol. The number of urea groups is 1. The van der Waals surface area contributed by atoms with Gasteiger partial charge in [-0.3, -0.25) is 0 Å². The van der Waals surface area contributed by atoms with E-state index in [1.54, 1.807) is 12.0 Å². The SMILES string of the molecule is COc1ccc2c(c1NC(=O)N1CCC3(CCC3)S(=O)(=O)CC1)CCC2. The number of benzene rings is 1. The Hall–Kier alpha value is -1.76. The van der Waals surface area contributed by atoms with E-state index in [2.05, 4.69) is 11.4 Å². The van der Waals surface area contributed by atoms with Crippen LogP contribution in [0.25, 0.3) is 0 Å². The summed E-state index contributed by atoms with van der Waals surface area (Å²) < 4.78 is 30.1. The zero-order valence-electron chi connectivity index (χ0n) is 15.2. The molecule has 26 heavy (non-hydrogen) atoms. The third kappa shape index (κ3) is 2.76. The Morgan fingerprint density at radius 3 is 2.65 bits per heavy atom. The molecule has 0 radical (unpaired) electrons. The summed E-state index contributed by atoms with van der Waals surface area (Å²) in [6.45, 7) is 0.746. The highest BCUT2D eigenvalue weighted by molar-refractivity contribution is 7.92. The van der Waals surface area contributed by atoms with Crippen LogP contribution >= 0.6 is 0 Å². The first-order valence-electron chi connectivity index (χ1n) is 9.43. The van der Waals surface area contributed by atoms with Gasteiger partial charge in [-0.2, -0.15) is 0 Å². The lowest BCUT2D eigenvalue weighted by Crippen LogP contribution is -2.46. The first-order chi connectivity index (χ1) is 12.5. The first-order valence-corrected chi connectivity index (χ1v) is 11.1. The number of fused-ring (bicyclic) bond motifs is 1. The predicted octanol–water partition coefficient (Wildman–Crippen LogP) is 2.76. The third-order valence-electron chi connectivity index (χ3n) is 6.38. The topological polar surface area (TPSA) is 75.7 Å². The van der Waals surface area contributed by atoms with Crippen molar-refractivity contribution in [2.24, 2.45) is 0 Å². The van der Waals surface area contributed by atoms with Gasteiger partial charge in [-0.25, -0.2) is 13.2 Å². The first kappa shape index (κ1) is 17.6. The summed E-state index contributed by atoms with van der Waals surface area (Å²) in [4.78, 5) is 14.5. The molecule has 0 bridgehead atoms. The number of aryl methyl sites for hydroxylation is 1. The summed E-state index contributed by atoms with van der Waals surface area (Å²) in [6, 6.07) is 3.74. The molecule has 142 valence electrons. The summed E-state index contributed by atoms with van der Waals surface area (Å²) in [5, 5.41) is 3.02. The Morgan fingerprint density at radius 1 is 1.15 bits per heavy atom. The molecule has 0 aromatic heterocycles. The van der Waals surface area contributed by atoms with Crippen molar-refractivity contribution in [2.45, 2.75) is 49.7 Å². The van der Waals surface area contributed by atoms with Crippen molar-refractivity contribution < 1.29 is 17.9 Å². The number of amides is 2. The number of nitrogens with zero attached hydrogens (tertiary/aromatic N) is 1. The largest absolute Gasteiger partial charge is 0.495 e. The molecule has 6 nitrogen and oxygen atoms in total. The Labute approximate surface area is 154 Å². The van der Waals surface area contributed by atoms with E-state index in [4.69, 9.17) is 4.74 Å². The average molecular weight is 378 g/mol. The summed E-state index contributed by atoms with van der Waals surface area (Å²) >= 11 is 0. The number of nitrogens with one attached hydrogen (secondary N) is 1. The number of carbonyl (C=O) groups excluding carboxylic acids is 1. The highest BCUT2D eigenvalue weighted by Gasteiger charge is 2.49. The molecule has 0 atom stereocenters.